The van der Waals surface area contributed by atoms with Crippen LogP contribution in [0.1, 0.15) is 57.5 Å². The summed E-state index contributed by atoms with van der Waals surface area (Å²) in [6, 6.07) is 9.66. The number of rotatable bonds is 7. The van der Waals surface area contributed by atoms with E-state index >= 15 is 0 Å². The fraction of sp³-hybridized carbons (Fsp3) is 0.300. The van der Waals surface area contributed by atoms with E-state index in [0.717, 1.165) is 0 Å². The number of ketones is 2. The van der Waals surface area contributed by atoms with Gasteiger partial charge in [0.2, 0.25) is 0 Å². The fourth-order valence-electron chi connectivity index (χ4n) is 2.52. The zero-order valence-corrected chi connectivity index (χ0v) is 14.0. The molecule has 0 unspecified atom stereocenters. The van der Waals surface area contributed by atoms with Gasteiger partial charge >= 0.3 is 0 Å². The number of Topliss-reactive ketones (excluding diaryl/α,β-unsaturated/α-hetero) is 2. The first-order chi connectivity index (χ1) is 11.4. The smallest absolute Gasteiger partial charge is 0.162 e. The van der Waals surface area contributed by atoms with Crippen molar-refractivity contribution in [1.29, 1.82) is 0 Å². The number of aromatic hydroxyl groups is 2. The molecule has 0 radical (unpaired) electrons. The monoisotopic (exact) mass is 326 g/mol. The highest BCUT2D eigenvalue weighted by atomic mass is 16.3. The Morgan fingerprint density at radius 1 is 0.750 bits per heavy atom. The Hall–Kier alpha value is -2.62. The molecule has 0 aliphatic rings. The summed E-state index contributed by atoms with van der Waals surface area (Å²) in [4.78, 5) is 24.2. The molecule has 0 amide bonds. The molecule has 126 valence electrons. The van der Waals surface area contributed by atoms with Gasteiger partial charge in [-0.1, -0.05) is 0 Å². The third-order valence-electron chi connectivity index (χ3n) is 4.10. The molecule has 0 saturated carbocycles. The number of hydrogen-bond donors (Lipinski definition) is 2. The SMILES string of the molecule is Cc1cc(C(=O)CCCCC(=O)c2ccc(O)c(C)c2)ccc1O. The number of carbonyl (C=O) groups excluding carboxylic acids is 2. The second-order valence-corrected chi connectivity index (χ2v) is 6.06. The van der Waals surface area contributed by atoms with Crippen molar-refractivity contribution < 1.29 is 19.8 Å². The quantitative estimate of drug-likeness (QED) is 0.586. The summed E-state index contributed by atoms with van der Waals surface area (Å²) in [5.41, 5.74) is 2.54. The average molecular weight is 326 g/mol. The summed E-state index contributed by atoms with van der Waals surface area (Å²) in [5, 5.41) is 19.0. The molecule has 0 aromatic heterocycles. The zero-order chi connectivity index (χ0) is 17.7. The summed E-state index contributed by atoms with van der Waals surface area (Å²) in [6.07, 6.45) is 2.04. The van der Waals surface area contributed by atoms with Gasteiger partial charge in [0.25, 0.3) is 0 Å². The standard InChI is InChI=1S/C20H22O4/c1-13-11-15(7-9-17(13)21)19(23)5-3-4-6-20(24)16-8-10-18(22)14(2)12-16/h7-12,21-22H,3-6H2,1-2H3. The van der Waals surface area contributed by atoms with Gasteiger partial charge in [0.1, 0.15) is 11.5 Å². The molecule has 4 heteroatoms. The lowest BCUT2D eigenvalue weighted by Gasteiger charge is -2.05. The molecule has 0 aliphatic carbocycles. The van der Waals surface area contributed by atoms with E-state index in [1.807, 2.05) is 0 Å². The van der Waals surface area contributed by atoms with Gasteiger partial charge in [0, 0.05) is 24.0 Å². The van der Waals surface area contributed by atoms with Crippen molar-refractivity contribution in [3.05, 3.63) is 58.7 Å². The molecule has 0 heterocycles. The van der Waals surface area contributed by atoms with Crippen LogP contribution in [0.4, 0.5) is 0 Å². The lowest BCUT2D eigenvalue weighted by molar-refractivity contribution is 0.0954. The molecule has 2 aromatic carbocycles. The number of benzene rings is 2. The number of phenols is 2. The molecule has 2 rings (SSSR count). The summed E-state index contributed by atoms with van der Waals surface area (Å²) < 4.78 is 0. The van der Waals surface area contributed by atoms with Crippen molar-refractivity contribution in [2.24, 2.45) is 0 Å². The molecule has 0 fully saturated rings. The van der Waals surface area contributed by atoms with Gasteiger partial charge in [-0.15, -0.1) is 0 Å². The van der Waals surface area contributed by atoms with Crippen LogP contribution in [0.15, 0.2) is 36.4 Å². The Labute approximate surface area is 141 Å². The summed E-state index contributed by atoms with van der Waals surface area (Å²) in [5.74, 6) is 0.403. The van der Waals surface area contributed by atoms with Crippen LogP contribution in [0, 0.1) is 13.8 Å². The van der Waals surface area contributed by atoms with E-state index in [1.54, 1.807) is 38.1 Å². The second kappa shape index (κ2) is 7.77. The van der Waals surface area contributed by atoms with E-state index in [0.29, 0.717) is 47.9 Å². The van der Waals surface area contributed by atoms with Crippen LogP contribution in [0.2, 0.25) is 0 Å². The van der Waals surface area contributed by atoms with Crippen molar-refractivity contribution in [3.63, 3.8) is 0 Å². The summed E-state index contributed by atoms with van der Waals surface area (Å²) in [7, 11) is 0. The molecule has 2 aromatic rings. The predicted octanol–water partition coefficient (Wildman–Crippen LogP) is 4.34. The number of unbranched alkanes of at least 4 members (excludes halogenated alkanes) is 1. The van der Waals surface area contributed by atoms with E-state index in [9.17, 15) is 19.8 Å². The largest absolute Gasteiger partial charge is 0.508 e. The number of carbonyl (C=O) groups is 2. The Bertz CT molecular complexity index is 697. The van der Waals surface area contributed by atoms with Crippen LogP contribution in [-0.4, -0.2) is 21.8 Å². The highest BCUT2D eigenvalue weighted by Crippen LogP contribution is 2.20. The minimum Gasteiger partial charge on any atom is -0.508 e. The highest BCUT2D eigenvalue weighted by Gasteiger charge is 2.10. The van der Waals surface area contributed by atoms with Crippen LogP contribution in [0.5, 0.6) is 11.5 Å². The number of aryl methyl sites for hydroxylation is 2. The maximum Gasteiger partial charge on any atom is 0.162 e. The van der Waals surface area contributed by atoms with Gasteiger partial charge < -0.3 is 10.2 Å². The Kier molecular flexibility index (Phi) is 5.74. The topological polar surface area (TPSA) is 74.6 Å². The minimum atomic E-state index is 0.0195. The van der Waals surface area contributed by atoms with Gasteiger partial charge in [-0.3, -0.25) is 9.59 Å². The molecule has 24 heavy (non-hydrogen) atoms. The highest BCUT2D eigenvalue weighted by molar-refractivity contribution is 5.97. The first-order valence-corrected chi connectivity index (χ1v) is 8.04. The maximum absolute atomic E-state index is 12.1. The van der Waals surface area contributed by atoms with E-state index in [-0.39, 0.29) is 23.1 Å². The Balaban J connectivity index is 1.81. The van der Waals surface area contributed by atoms with Crippen LogP contribution in [0.3, 0.4) is 0 Å². The van der Waals surface area contributed by atoms with Crippen LogP contribution >= 0.6 is 0 Å². The first-order valence-electron chi connectivity index (χ1n) is 8.04. The first kappa shape index (κ1) is 17.7. The molecule has 4 nitrogen and oxygen atoms in total. The van der Waals surface area contributed by atoms with Crippen molar-refractivity contribution in [3.8, 4) is 11.5 Å². The van der Waals surface area contributed by atoms with Gasteiger partial charge in [0.15, 0.2) is 11.6 Å². The Morgan fingerprint density at radius 2 is 1.12 bits per heavy atom. The predicted molar refractivity (Wildman–Crippen MR) is 92.8 cm³/mol. The Morgan fingerprint density at radius 3 is 1.46 bits per heavy atom. The lowest BCUT2D eigenvalue weighted by Crippen LogP contribution is -2.02. The van der Waals surface area contributed by atoms with Crippen LogP contribution < -0.4 is 0 Å². The minimum absolute atomic E-state index is 0.0195. The lowest BCUT2D eigenvalue weighted by atomic mass is 9.99. The van der Waals surface area contributed by atoms with Gasteiger partial charge in [-0.25, -0.2) is 0 Å². The van der Waals surface area contributed by atoms with E-state index < -0.39 is 0 Å². The second-order valence-electron chi connectivity index (χ2n) is 6.06. The van der Waals surface area contributed by atoms with Gasteiger partial charge in [-0.05, 0) is 74.2 Å². The molecule has 2 N–H and O–H groups in total. The van der Waals surface area contributed by atoms with Gasteiger partial charge in [-0.2, -0.15) is 0 Å². The number of phenolic OH excluding ortho intramolecular Hbond substituents is 2. The molecule has 0 aliphatic heterocycles. The van der Waals surface area contributed by atoms with Crippen molar-refractivity contribution in [2.75, 3.05) is 0 Å². The van der Waals surface area contributed by atoms with E-state index in [2.05, 4.69) is 0 Å². The van der Waals surface area contributed by atoms with Crippen molar-refractivity contribution in [1.82, 2.24) is 0 Å². The van der Waals surface area contributed by atoms with Crippen molar-refractivity contribution >= 4 is 11.6 Å². The zero-order valence-electron chi connectivity index (χ0n) is 14.0. The molecule has 0 spiro atoms. The van der Waals surface area contributed by atoms with Crippen LogP contribution in [-0.2, 0) is 0 Å². The summed E-state index contributed by atoms with van der Waals surface area (Å²) in [6.45, 7) is 3.51. The van der Waals surface area contributed by atoms with Gasteiger partial charge in [0.05, 0.1) is 0 Å². The third-order valence-corrected chi connectivity index (χ3v) is 4.10. The molecule has 0 saturated heterocycles. The van der Waals surface area contributed by atoms with E-state index in [4.69, 9.17) is 0 Å². The van der Waals surface area contributed by atoms with Crippen molar-refractivity contribution in [2.45, 2.75) is 39.5 Å². The molecular formula is C20H22O4. The number of hydrogen-bond acceptors (Lipinski definition) is 4. The maximum atomic E-state index is 12.1. The third kappa shape index (κ3) is 4.44. The molecular weight excluding hydrogens is 304 g/mol. The summed E-state index contributed by atoms with van der Waals surface area (Å²) >= 11 is 0. The molecule has 0 bridgehead atoms. The normalized spacial score (nSPS) is 10.6. The molecule has 0 atom stereocenters. The average Bonchev–Trinajstić information content (AvgIpc) is 2.56. The van der Waals surface area contributed by atoms with Crippen LogP contribution in [0.25, 0.3) is 0 Å². The fourth-order valence-corrected chi connectivity index (χ4v) is 2.52. The van der Waals surface area contributed by atoms with E-state index in [1.165, 1.54) is 12.1 Å².